The molecule has 3 rings (SSSR count). The van der Waals surface area contributed by atoms with E-state index in [9.17, 15) is 14.3 Å². The van der Waals surface area contributed by atoms with Crippen molar-refractivity contribution in [3.05, 3.63) is 41.5 Å². The number of carbonyl (C=O) groups excluding carboxylic acids is 1. The van der Waals surface area contributed by atoms with Crippen LogP contribution in [0, 0.1) is 5.82 Å². The number of β-amino-alcohol motifs (C(OH)–C–C–N with tert-alkyl or cyclic N) is 1. The molecule has 2 aromatic rings. The zero-order valence-electron chi connectivity index (χ0n) is 14.4. The lowest BCUT2D eigenvalue weighted by Gasteiger charge is -2.21. The van der Waals surface area contributed by atoms with Crippen molar-refractivity contribution in [1.82, 2.24) is 19.9 Å². The second kappa shape index (κ2) is 6.44. The van der Waals surface area contributed by atoms with Gasteiger partial charge in [-0.05, 0) is 32.0 Å². The van der Waals surface area contributed by atoms with Gasteiger partial charge in [-0.25, -0.2) is 9.07 Å². The van der Waals surface area contributed by atoms with Crippen molar-refractivity contribution in [2.45, 2.75) is 31.9 Å². The maximum Gasteiger partial charge on any atom is 0.257 e. The van der Waals surface area contributed by atoms with Crippen LogP contribution >= 0.6 is 0 Å². The van der Waals surface area contributed by atoms with Gasteiger partial charge in [0.1, 0.15) is 22.9 Å². The third-order valence-corrected chi connectivity index (χ3v) is 4.44. The van der Waals surface area contributed by atoms with Gasteiger partial charge >= 0.3 is 0 Å². The fraction of sp³-hybridized carbons (Fsp3) is 0.471. The topological polar surface area (TPSA) is 80.5 Å². The van der Waals surface area contributed by atoms with E-state index in [1.54, 1.807) is 10.9 Å². The molecule has 1 aliphatic rings. The van der Waals surface area contributed by atoms with Crippen LogP contribution < -0.4 is 4.74 Å². The molecule has 25 heavy (non-hydrogen) atoms. The van der Waals surface area contributed by atoms with E-state index in [1.807, 2.05) is 13.8 Å². The Kier molecular flexibility index (Phi) is 4.47. The second-order valence-electron chi connectivity index (χ2n) is 6.53. The van der Waals surface area contributed by atoms with Crippen molar-refractivity contribution >= 4 is 5.91 Å². The lowest BCUT2D eigenvalue weighted by Crippen LogP contribution is -2.35. The molecule has 134 valence electrons. The highest BCUT2D eigenvalue weighted by Gasteiger charge is 2.42. The lowest BCUT2D eigenvalue weighted by atomic mass is 10.00. The van der Waals surface area contributed by atoms with Crippen LogP contribution in [-0.4, -0.2) is 51.1 Å². The molecule has 1 fully saturated rings. The molecule has 0 aliphatic carbocycles. The highest BCUT2D eigenvalue weighted by molar-refractivity contribution is 5.97. The molecular formula is C17H21FN4O3. The molecule has 1 aromatic carbocycles. The summed E-state index contributed by atoms with van der Waals surface area (Å²) >= 11 is 0. The number of nitrogens with zero attached hydrogens (tertiary/aromatic N) is 4. The first-order valence-corrected chi connectivity index (χ1v) is 8.11. The number of benzene rings is 1. The van der Waals surface area contributed by atoms with Crippen LogP contribution in [-0.2, 0) is 5.60 Å². The fourth-order valence-corrected chi connectivity index (χ4v) is 2.94. The van der Waals surface area contributed by atoms with Gasteiger partial charge < -0.3 is 14.7 Å². The predicted octanol–water partition coefficient (Wildman–Crippen LogP) is 1.74. The molecule has 1 aromatic heterocycles. The first-order valence-electron chi connectivity index (χ1n) is 8.11. The molecule has 1 unspecified atom stereocenters. The van der Waals surface area contributed by atoms with E-state index >= 15 is 0 Å². The predicted molar refractivity (Wildman–Crippen MR) is 87.8 cm³/mol. The highest BCUT2D eigenvalue weighted by atomic mass is 19.1. The number of likely N-dealkylation sites (tertiary alicyclic amines) is 1. The average Bonchev–Trinajstić information content (AvgIpc) is 3.22. The number of carbonyl (C=O) groups is 1. The summed E-state index contributed by atoms with van der Waals surface area (Å²) in [5, 5.41) is 18.9. The van der Waals surface area contributed by atoms with Gasteiger partial charge in [-0.2, -0.15) is 0 Å². The fourth-order valence-electron chi connectivity index (χ4n) is 2.94. The van der Waals surface area contributed by atoms with Crippen molar-refractivity contribution in [1.29, 1.82) is 0 Å². The first-order chi connectivity index (χ1) is 11.8. The number of aromatic nitrogens is 3. The maximum atomic E-state index is 13.5. The smallest absolute Gasteiger partial charge is 0.257 e. The number of rotatable bonds is 4. The highest BCUT2D eigenvalue weighted by Crippen LogP contribution is 2.33. The van der Waals surface area contributed by atoms with Crippen molar-refractivity contribution in [3.63, 3.8) is 0 Å². The van der Waals surface area contributed by atoms with Crippen LogP contribution in [0.15, 0.2) is 24.4 Å². The van der Waals surface area contributed by atoms with Crippen LogP contribution in [0.4, 0.5) is 4.39 Å². The van der Waals surface area contributed by atoms with E-state index in [-0.39, 0.29) is 24.1 Å². The molecule has 2 heterocycles. The largest absolute Gasteiger partial charge is 0.496 e. The Morgan fingerprint density at radius 2 is 2.20 bits per heavy atom. The van der Waals surface area contributed by atoms with Gasteiger partial charge in [0.05, 0.1) is 25.4 Å². The Morgan fingerprint density at radius 1 is 1.44 bits per heavy atom. The first kappa shape index (κ1) is 17.3. The lowest BCUT2D eigenvalue weighted by molar-refractivity contribution is 0.0380. The molecule has 0 radical (unpaired) electrons. The van der Waals surface area contributed by atoms with E-state index in [1.165, 1.54) is 24.1 Å². The van der Waals surface area contributed by atoms with Gasteiger partial charge in [0.2, 0.25) is 0 Å². The Balaban J connectivity index is 1.82. The minimum atomic E-state index is -1.26. The Hall–Kier alpha value is -2.48. The summed E-state index contributed by atoms with van der Waals surface area (Å²) in [6, 6.07) is 3.92. The minimum Gasteiger partial charge on any atom is -0.496 e. The van der Waals surface area contributed by atoms with Gasteiger partial charge in [0.25, 0.3) is 5.91 Å². The number of ether oxygens (including phenoxy) is 1. The van der Waals surface area contributed by atoms with Crippen LogP contribution in [0.5, 0.6) is 5.75 Å². The molecule has 1 N–H and O–H groups in total. The van der Waals surface area contributed by atoms with Gasteiger partial charge in [-0.3, -0.25) is 4.79 Å². The summed E-state index contributed by atoms with van der Waals surface area (Å²) in [6.45, 7) is 4.33. The average molecular weight is 348 g/mol. The van der Waals surface area contributed by atoms with Gasteiger partial charge in [-0.15, -0.1) is 5.10 Å². The van der Waals surface area contributed by atoms with Crippen molar-refractivity contribution < 1.29 is 19.0 Å². The van der Waals surface area contributed by atoms with E-state index in [4.69, 9.17) is 4.74 Å². The van der Waals surface area contributed by atoms with E-state index in [0.717, 1.165) is 6.07 Å². The Labute approximate surface area is 145 Å². The molecule has 1 saturated heterocycles. The second-order valence-corrected chi connectivity index (χ2v) is 6.53. The van der Waals surface area contributed by atoms with Crippen LogP contribution in [0.2, 0.25) is 0 Å². The zero-order chi connectivity index (χ0) is 18.2. The molecule has 1 aliphatic heterocycles. The standard InChI is InChI=1S/C17H21FN4O3/c1-11(2)22-9-15(19-20-22)17(24)6-7-21(10-17)16(23)13-8-12(18)4-5-14(13)25-3/h4-5,8-9,11,24H,6-7,10H2,1-3H3. The van der Waals surface area contributed by atoms with E-state index in [0.29, 0.717) is 24.4 Å². The quantitative estimate of drug-likeness (QED) is 0.910. The zero-order valence-corrected chi connectivity index (χ0v) is 14.4. The monoisotopic (exact) mass is 348 g/mol. The SMILES string of the molecule is COc1ccc(F)cc1C(=O)N1CCC(O)(c2cn(C(C)C)nn2)C1. The molecule has 1 amide bonds. The van der Waals surface area contributed by atoms with Crippen molar-refractivity contribution in [2.75, 3.05) is 20.2 Å². The van der Waals surface area contributed by atoms with Gasteiger partial charge in [0, 0.05) is 19.0 Å². The molecule has 0 bridgehead atoms. The summed E-state index contributed by atoms with van der Waals surface area (Å²) in [5.41, 5.74) is -0.691. The summed E-state index contributed by atoms with van der Waals surface area (Å²) in [7, 11) is 1.43. The summed E-state index contributed by atoms with van der Waals surface area (Å²) in [5.74, 6) is -0.602. The van der Waals surface area contributed by atoms with Gasteiger partial charge in [-0.1, -0.05) is 5.21 Å². The number of aliphatic hydroxyl groups is 1. The molecule has 0 spiro atoms. The molecule has 8 heteroatoms. The molecule has 7 nitrogen and oxygen atoms in total. The summed E-state index contributed by atoms with van der Waals surface area (Å²) < 4.78 is 20.3. The summed E-state index contributed by atoms with van der Waals surface area (Å²) in [4.78, 5) is 14.2. The third-order valence-electron chi connectivity index (χ3n) is 4.44. The van der Waals surface area contributed by atoms with Gasteiger partial charge in [0.15, 0.2) is 0 Å². The van der Waals surface area contributed by atoms with Crippen molar-refractivity contribution in [2.24, 2.45) is 0 Å². The number of halogens is 1. The van der Waals surface area contributed by atoms with Crippen LogP contribution in [0.1, 0.15) is 42.4 Å². The number of methoxy groups -OCH3 is 1. The minimum absolute atomic E-state index is 0.0717. The molecule has 0 saturated carbocycles. The number of hydrogen-bond acceptors (Lipinski definition) is 5. The number of amides is 1. The van der Waals surface area contributed by atoms with E-state index in [2.05, 4.69) is 10.3 Å². The summed E-state index contributed by atoms with van der Waals surface area (Å²) in [6.07, 6.45) is 2.04. The number of hydrogen-bond donors (Lipinski definition) is 1. The van der Waals surface area contributed by atoms with Crippen LogP contribution in [0.3, 0.4) is 0 Å². The molecular weight excluding hydrogens is 327 g/mol. The normalized spacial score (nSPS) is 20.3. The van der Waals surface area contributed by atoms with Crippen molar-refractivity contribution in [3.8, 4) is 5.75 Å². The maximum absolute atomic E-state index is 13.5. The Morgan fingerprint density at radius 3 is 2.84 bits per heavy atom. The molecule has 1 atom stereocenters. The third kappa shape index (κ3) is 3.21. The Bertz CT molecular complexity index is 792. The van der Waals surface area contributed by atoms with Crippen LogP contribution in [0.25, 0.3) is 0 Å². The van der Waals surface area contributed by atoms with E-state index < -0.39 is 11.4 Å².